The van der Waals surface area contributed by atoms with Gasteiger partial charge in [-0.3, -0.25) is 11.3 Å². The van der Waals surface area contributed by atoms with Gasteiger partial charge in [0.2, 0.25) is 0 Å². The molecular formula is C9H12FIN2O. The van der Waals surface area contributed by atoms with Crippen LogP contribution in [0.2, 0.25) is 0 Å². The van der Waals surface area contributed by atoms with Crippen LogP contribution in [0.5, 0.6) is 0 Å². The summed E-state index contributed by atoms with van der Waals surface area (Å²) in [7, 11) is 1.60. The van der Waals surface area contributed by atoms with Crippen molar-refractivity contribution >= 4 is 22.6 Å². The lowest BCUT2D eigenvalue weighted by Crippen LogP contribution is -2.31. The van der Waals surface area contributed by atoms with Crippen molar-refractivity contribution in [3.8, 4) is 0 Å². The molecule has 1 rings (SSSR count). The third kappa shape index (κ3) is 2.88. The molecule has 1 unspecified atom stereocenters. The van der Waals surface area contributed by atoms with Crippen LogP contribution >= 0.6 is 22.6 Å². The smallest absolute Gasteiger partial charge is 0.124 e. The van der Waals surface area contributed by atoms with Gasteiger partial charge in [0, 0.05) is 10.7 Å². The Kier molecular flexibility index (Phi) is 4.73. The fraction of sp³-hybridized carbons (Fsp3) is 0.333. The van der Waals surface area contributed by atoms with Gasteiger partial charge in [-0.1, -0.05) is 6.07 Å². The van der Waals surface area contributed by atoms with Crippen molar-refractivity contribution in [3.63, 3.8) is 0 Å². The molecule has 0 aromatic heterocycles. The normalized spacial score (nSPS) is 12.9. The van der Waals surface area contributed by atoms with Gasteiger partial charge >= 0.3 is 0 Å². The highest BCUT2D eigenvalue weighted by Gasteiger charge is 2.12. The van der Waals surface area contributed by atoms with Gasteiger partial charge in [0.05, 0.1) is 12.6 Å². The molecule has 0 saturated heterocycles. The molecule has 0 saturated carbocycles. The lowest BCUT2D eigenvalue weighted by molar-refractivity contribution is 0.167. The highest BCUT2D eigenvalue weighted by atomic mass is 127. The van der Waals surface area contributed by atoms with Crippen molar-refractivity contribution < 1.29 is 9.13 Å². The molecule has 0 radical (unpaired) electrons. The molecule has 0 bridgehead atoms. The van der Waals surface area contributed by atoms with Gasteiger partial charge in [-0.2, -0.15) is 0 Å². The van der Waals surface area contributed by atoms with Crippen LogP contribution in [0, 0.1) is 9.39 Å². The van der Waals surface area contributed by atoms with Gasteiger partial charge < -0.3 is 4.74 Å². The Morgan fingerprint density at radius 1 is 1.64 bits per heavy atom. The largest absolute Gasteiger partial charge is 0.383 e. The number of benzene rings is 1. The van der Waals surface area contributed by atoms with E-state index in [4.69, 9.17) is 10.6 Å². The SMILES string of the molecule is COCC(NN)c1ccc(F)cc1I. The minimum absolute atomic E-state index is 0.104. The Balaban J connectivity index is 2.92. The van der Waals surface area contributed by atoms with Crippen molar-refractivity contribution in [1.29, 1.82) is 0 Å². The average Bonchev–Trinajstić information content (AvgIpc) is 2.15. The summed E-state index contributed by atoms with van der Waals surface area (Å²) in [5.74, 6) is 5.13. The first-order valence-corrected chi connectivity index (χ1v) is 5.17. The van der Waals surface area contributed by atoms with Crippen LogP contribution in [0.15, 0.2) is 18.2 Å². The third-order valence-corrected chi connectivity index (χ3v) is 2.81. The Morgan fingerprint density at radius 3 is 2.86 bits per heavy atom. The molecule has 78 valence electrons. The minimum atomic E-state index is -0.244. The van der Waals surface area contributed by atoms with E-state index in [1.807, 2.05) is 0 Å². The number of halogens is 2. The lowest BCUT2D eigenvalue weighted by atomic mass is 10.1. The van der Waals surface area contributed by atoms with Crippen LogP contribution in [0.25, 0.3) is 0 Å². The minimum Gasteiger partial charge on any atom is -0.383 e. The first-order valence-electron chi connectivity index (χ1n) is 4.09. The number of hydrogen-bond acceptors (Lipinski definition) is 3. The number of hydrazine groups is 1. The number of nitrogens with one attached hydrogen (secondary N) is 1. The maximum atomic E-state index is 12.8. The maximum Gasteiger partial charge on any atom is 0.124 e. The molecule has 14 heavy (non-hydrogen) atoms. The first-order chi connectivity index (χ1) is 6.69. The molecule has 3 N–H and O–H groups in total. The summed E-state index contributed by atoms with van der Waals surface area (Å²) in [5.41, 5.74) is 3.57. The number of methoxy groups -OCH3 is 1. The molecule has 0 spiro atoms. The first kappa shape index (κ1) is 11.8. The van der Waals surface area contributed by atoms with E-state index in [0.717, 1.165) is 9.13 Å². The Labute approximate surface area is 95.9 Å². The van der Waals surface area contributed by atoms with E-state index in [1.54, 1.807) is 13.2 Å². The second-order valence-corrected chi connectivity index (χ2v) is 4.00. The summed E-state index contributed by atoms with van der Waals surface area (Å²) < 4.78 is 18.6. The van der Waals surface area contributed by atoms with Crippen molar-refractivity contribution in [2.75, 3.05) is 13.7 Å². The van der Waals surface area contributed by atoms with Gasteiger partial charge in [-0.05, 0) is 40.3 Å². The molecule has 0 aliphatic heterocycles. The van der Waals surface area contributed by atoms with E-state index in [0.29, 0.717) is 6.61 Å². The fourth-order valence-corrected chi connectivity index (χ4v) is 2.03. The summed E-state index contributed by atoms with van der Waals surface area (Å²) in [6.45, 7) is 0.456. The van der Waals surface area contributed by atoms with Crippen LogP contribution in [0.1, 0.15) is 11.6 Å². The summed E-state index contributed by atoms with van der Waals surface area (Å²) in [6, 6.07) is 4.49. The lowest BCUT2D eigenvalue weighted by Gasteiger charge is -2.16. The van der Waals surface area contributed by atoms with Gasteiger partial charge in [-0.25, -0.2) is 4.39 Å². The zero-order chi connectivity index (χ0) is 10.6. The zero-order valence-electron chi connectivity index (χ0n) is 7.76. The number of ether oxygens (including phenoxy) is 1. The van der Waals surface area contributed by atoms with Crippen LogP contribution in [0.3, 0.4) is 0 Å². The predicted octanol–water partition coefficient (Wildman–Crippen LogP) is 1.58. The molecule has 1 aromatic rings. The van der Waals surface area contributed by atoms with Gasteiger partial charge in [-0.15, -0.1) is 0 Å². The average molecular weight is 310 g/mol. The molecule has 0 amide bonds. The summed E-state index contributed by atoms with van der Waals surface area (Å²) in [5, 5.41) is 0. The van der Waals surface area contributed by atoms with E-state index in [1.165, 1.54) is 12.1 Å². The van der Waals surface area contributed by atoms with Crippen molar-refractivity contribution in [2.45, 2.75) is 6.04 Å². The number of hydrogen-bond donors (Lipinski definition) is 2. The molecule has 5 heteroatoms. The molecule has 3 nitrogen and oxygen atoms in total. The zero-order valence-corrected chi connectivity index (χ0v) is 9.92. The highest BCUT2D eigenvalue weighted by Crippen LogP contribution is 2.20. The summed E-state index contributed by atoms with van der Waals surface area (Å²) in [4.78, 5) is 0. The van der Waals surface area contributed by atoms with Crippen LogP contribution in [-0.4, -0.2) is 13.7 Å². The molecule has 0 aliphatic carbocycles. The molecule has 1 atom stereocenters. The van der Waals surface area contributed by atoms with E-state index >= 15 is 0 Å². The van der Waals surface area contributed by atoms with Crippen molar-refractivity contribution in [2.24, 2.45) is 5.84 Å². The Morgan fingerprint density at radius 2 is 2.36 bits per heavy atom. The van der Waals surface area contributed by atoms with Crippen molar-refractivity contribution in [3.05, 3.63) is 33.1 Å². The topological polar surface area (TPSA) is 47.3 Å². The highest BCUT2D eigenvalue weighted by molar-refractivity contribution is 14.1. The quantitative estimate of drug-likeness (QED) is 0.504. The number of rotatable bonds is 4. The Hall–Kier alpha value is -0.240. The monoisotopic (exact) mass is 310 g/mol. The maximum absolute atomic E-state index is 12.8. The second kappa shape index (κ2) is 5.59. The van der Waals surface area contributed by atoms with Crippen LogP contribution in [0.4, 0.5) is 4.39 Å². The number of nitrogens with two attached hydrogens (primary N) is 1. The predicted molar refractivity (Wildman–Crippen MR) is 61.1 cm³/mol. The van der Waals surface area contributed by atoms with Crippen LogP contribution in [-0.2, 0) is 4.74 Å². The van der Waals surface area contributed by atoms with E-state index in [9.17, 15) is 4.39 Å². The molecule has 0 heterocycles. The van der Waals surface area contributed by atoms with Gasteiger partial charge in [0.25, 0.3) is 0 Å². The Bertz CT molecular complexity index is 309. The second-order valence-electron chi connectivity index (χ2n) is 2.84. The fourth-order valence-electron chi connectivity index (χ4n) is 1.18. The van der Waals surface area contributed by atoms with E-state index in [2.05, 4.69) is 28.0 Å². The van der Waals surface area contributed by atoms with Gasteiger partial charge in [0.1, 0.15) is 5.82 Å². The van der Waals surface area contributed by atoms with E-state index < -0.39 is 0 Å². The van der Waals surface area contributed by atoms with Crippen LogP contribution < -0.4 is 11.3 Å². The molecule has 1 aromatic carbocycles. The van der Waals surface area contributed by atoms with Crippen molar-refractivity contribution in [1.82, 2.24) is 5.43 Å². The van der Waals surface area contributed by atoms with E-state index in [-0.39, 0.29) is 11.9 Å². The standard InChI is InChI=1S/C9H12FIN2O/c1-14-5-9(13-12)7-3-2-6(10)4-8(7)11/h2-4,9,13H,5,12H2,1H3. The molecular weight excluding hydrogens is 298 g/mol. The molecule has 0 aliphatic rings. The molecule has 0 fully saturated rings. The summed E-state index contributed by atoms with van der Waals surface area (Å²) in [6.07, 6.45) is 0. The third-order valence-electron chi connectivity index (χ3n) is 1.87. The summed E-state index contributed by atoms with van der Waals surface area (Å²) >= 11 is 2.07. The van der Waals surface area contributed by atoms with Gasteiger partial charge in [0.15, 0.2) is 0 Å².